The molecule has 2 heterocycles. The molecule has 5 nitrogen and oxygen atoms in total. The third-order valence-electron chi connectivity index (χ3n) is 7.29. The number of aromatic nitrogens is 2. The SMILES string of the molecule is CCCCCCCCCCc1cnc(-c2ccc(OCC(O[C@H]3CCCCO3)[C@@H](C)CC)cc2)nc1. The van der Waals surface area contributed by atoms with Gasteiger partial charge in [-0.1, -0.05) is 72.1 Å². The first-order chi connectivity index (χ1) is 17.7. The predicted octanol–water partition coefficient (Wildman–Crippen LogP) is 8.16. The smallest absolute Gasteiger partial charge is 0.159 e. The van der Waals surface area contributed by atoms with E-state index in [-0.39, 0.29) is 12.4 Å². The minimum absolute atomic E-state index is 0.0229. The Morgan fingerprint density at radius 3 is 2.25 bits per heavy atom. The number of aryl methyl sites for hydroxylation is 1. The van der Waals surface area contributed by atoms with Crippen LogP contribution in [0.25, 0.3) is 11.4 Å². The third kappa shape index (κ3) is 10.2. The van der Waals surface area contributed by atoms with Crippen LogP contribution in [-0.2, 0) is 15.9 Å². The number of hydrogen-bond donors (Lipinski definition) is 0. The Morgan fingerprint density at radius 1 is 0.917 bits per heavy atom. The average molecular weight is 497 g/mol. The molecular weight excluding hydrogens is 448 g/mol. The Kier molecular flexibility index (Phi) is 13.3. The molecule has 0 bridgehead atoms. The first-order valence-corrected chi connectivity index (χ1v) is 14.5. The summed E-state index contributed by atoms with van der Waals surface area (Å²) in [4.78, 5) is 9.23. The summed E-state index contributed by atoms with van der Waals surface area (Å²) in [7, 11) is 0. The van der Waals surface area contributed by atoms with E-state index in [2.05, 4.69) is 30.7 Å². The highest BCUT2D eigenvalue weighted by atomic mass is 16.7. The number of nitrogens with zero attached hydrogens (tertiary/aromatic N) is 2. The van der Waals surface area contributed by atoms with Crippen LogP contribution < -0.4 is 4.74 Å². The van der Waals surface area contributed by atoms with Gasteiger partial charge in [-0.3, -0.25) is 0 Å². The fourth-order valence-corrected chi connectivity index (χ4v) is 4.59. The molecule has 36 heavy (non-hydrogen) atoms. The zero-order chi connectivity index (χ0) is 25.4. The van der Waals surface area contributed by atoms with Crippen molar-refractivity contribution in [2.24, 2.45) is 5.92 Å². The Balaban J connectivity index is 1.41. The van der Waals surface area contributed by atoms with E-state index in [1.807, 2.05) is 36.7 Å². The molecular formula is C31H48N2O3. The van der Waals surface area contributed by atoms with Gasteiger partial charge in [-0.15, -0.1) is 0 Å². The molecule has 0 radical (unpaired) electrons. The van der Waals surface area contributed by atoms with Gasteiger partial charge >= 0.3 is 0 Å². The number of rotatable bonds is 17. The molecule has 0 aliphatic carbocycles. The molecule has 1 fully saturated rings. The predicted molar refractivity (Wildman–Crippen MR) is 147 cm³/mol. The molecule has 1 aromatic heterocycles. The quantitative estimate of drug-likeness (QED) is 0.207. The van der Waals surface area contributed by atoms with E-state index in [9.17, 15) is 0 Å². The molecule has 200 valence electrons. The van der Waals surface area contributed by atoms with Crippen molar-refractivity contribution in [1.82, 2.24) is 9.97 Å². The zero-order valence-corrected chi connectivity index (χ0v) is 22.9. The van der Waals surface area contributed by atoms with Gasteiger partial charge in [-0.25, -0.2) is 9.97 Å². The molecule has 1 unspecified atom stereocenters. The summed E-state index contributed by atoms with van der Waals surface area (Å²) in [5.74, 6) is 2.01. The Hall–Kier alpha value is -1.98. The lowest BCUT2D eigenvalue weighted by Gasteiger charge is -2.30. The molecule has 1 aliphatic heterocycles. The molecule has 1 saturated heterocycles. The van der Waals surface area contributed by atoms with Crippen molar-refractivity contribution >= 4 is 0 Å². The van der Waals surface area contributed by atoms with Crippen molar-refractivity contribution in [3.8, 4) is 17.1 Å². The van der Waals surface area contributed by atoms with Crippen molar-refractivity contribution < 1.29 is 14.2 Å². The van der Waals surface area contributed by atoms with Crippen LogP contribution in [0.2, 0.25) is 0 Å². The number of benzene rings is 1. The lowest BCUT2D eigenvalue weighted by Crippen LogP contribution is -2.35. The highest BCUT2D eigenvalue weighted by Gasteiger charge is 2.24. The summed E-state index contributed by atoms with van der Waals surface area (Å²) in [5, 5.41) is 0. The highest BCUT2D eigenvalue weighted by molar-refractivity contribution is 5.55. The van der Waals surface area contributed by atoms with Gasteiger partial charge < -0.3 is 14.2 Å². The minimum atomic E-state index is -0.0978. The van der Waals surface area contributed by atoms with Crippen molar-refractivity contribution in [3.05, 3.63) is 42.2 Å². The van der Waals surface area contributed by atoms with E-state index < -0.39 is 0 Å². The molecule has 0 spiro atoms. The van der Waals surface area contributed by atoms with E-state index >= 15 is 0 Å². The first kappa shape index (κ1) is 28.6. The first-order valence-electron chi connectivity index (χ1n) is 14.5. The number of unbranched alkanes of at least 4 members (excludes halogenated alkanes) is 7. The Bertz CT molecular complexity index is 819. The van der Waals surface area contributed by atoms with Crippen molar-refractivity contribution in [3.63, 3.8) is 0 Å². The van der Waals surface area contributed by atoms with Gasteiger partial charge in [0, 0.05) is 24.6 Å². The maximum atomic E-state index is 6.26. The third-order valence-corrected chi connectivity index (χ3v) is 7.29. The van der Waals surface area contributed by atoms with Gasteiger partial charge in [0.25, 0.3) is 0 Å². The molecule has 2 aromatic rings. The van der Waals surface area contributed by atoms with Crippen LogP contribution in [0.3, 0.4) is 0 Å². The second-order valence-corrected chi connectivity index (χ2v) is 10.3. The lowest BCUT2D eigenvalue weighted by molar-refractivity contribution is -0.202. The molecule has 5 heteroatoms. The van der Waals surface area contributed by atoms with E-state index in [1.165, 1.54) is 63.4 Å². The number of hydrogen-bond acceptors (Lipinski definition) is 5. The van der Waals surface area contributed by atoms with Crippen LogP contribution in [0.4, 0.5) is 0 Å². The van der Waals surface area contributed by atoms with Gasteiger partial charge in [0.2, 0.25) is 0 Å². The van der Waals surface area contributed by atoms with Crippen LogP contribution >= 0.6 is 0 Å². The molecule has 1 aromatic carbocycles. The summed E-state index contributed by atoms with van der Waals surface area (Å²) < 4.78 is 18.2. The standard InChI is InChI=1S/C31H48N2O3/c1-4-6-7-8-9-10-11-12-15-26-22-32-31(33-23-26)27-17-19-28(20-18-27)35-24-29(25(3)5-2)36-30-16-13-14-21-34-30/h17-20,22-23,25,29-30H,4-16,21,24H2,1-3H3/t25-,29?,30-/m0/s1. The maximum Gasteiger partial charge on any atom is 0.159 e. The average Bonchev–Trinajstić information content (AvgIpc) is 2.93. The zero-order valence-electron chi connectivity index (χ0n) is 22.9. The van der Waals surface area contributed by atoms with Crippen LogP contribution in [0, 0.1) is 5.92 Å². The summed E-state index contributed by atoms with van der Waals surface area (Å²) in [6.45, 7) is 8.00. The van der Waals surface area contributed by atoms with E-state index in [1.54, 1.807) is 0 Å². The minimum Gasteiger partial charge on any atom is -0.491 e. The fraction of sp³-hybridized carbons (Fsp3) is 0.677. The monoisotopic (exact) mass is 496 g/mol. The van der Waals surface area contributed by atoms with E-state index in [0.717, 1.165) is 49.4 Å². The second-order valence-electron chi connectivity index (χ2n) is 10.3. The molecule has 0 N–H and O–H groups in total. The fourth-order valence-electron chi connectivity index (χ4n) is 4.59. The molecule has 0 saturated carbocycles. The van der Waals surface area contributed by atoms with Crippen LogP contribution in [0.5, 0.6) is 5.75 Å². The summed E-state index contributed by atoms with van der Waals surface area (Å²) in [6.07, 6.45) is 20.0. The summed E-state index contributed by atoms with van der Waals surface area (Å²) in [5.41, 5.74) is 2.23. The van der Waals surface area contributed by atoms with Crippen LogP contribution in [0.15, 0.2) is 36.7 Å². The van der Waals surface area contributed by atoms with Crippen molar-refractivity contribution in [2.45, 2.75) is 117 Å². The normalized spacial score (nSPS) is 17.6. The molecule has 3 atom stereocenters. The summed E-state index contributed by atoms with van der Waals surface area (Å²) in [6, 6.07) is 8.06. The van der Waals surface area contributed by atoms with Gasteiger partial charge in [0.15, 0.2) is 12.1 Å². The second kappa shape index (κ2) is 16.7. The van der Waals surface area contributed by atoms with Crippen molar-refractivity contribution in [1.29, 1.82) is 0 Å². The van der Waals surface area contributed by atoms with Gasteiger partial charge in [-0.2, -0.15) is 0 Å². The Labute approximate surface area is 219 Å². The lowest BCUT2D eigenvalue weighted by atomic mass is 10.0. The van der Waals surface area contributed by atoms with Crippen molar-refractivity contribution in [2.75, 3.05) is 13.2 Å². The van der Waals surface area contributed by atoms with Crippen LogP contribution in [-0.4, -0.2) is 35.6 Å². The van der Waals surface area contributed by atoms with E-state index in [0.29, 0.717) is 12.5 Å². The largest absolute Gasteiger partial charge is 0.491 e. The summed E-state index contributed by atoms with van der Waals surface area (Å²) >= 11 is 0. The maximum absolute atomic E-state index is 6.26. The van der Waals surface area contributed by atoms with E-state index in [4.69, 9.17) is 14.2 Å². The molecule has 1 aliphatic rings. The molecule has 3 rings (SSSR count). The number of ether oxygens (including phenoxy) is 3. The van der Waals surface area contributed by atoms with Crippen LogP contribution in [0.1, 0.15) is 103 Å². The Morgan fingerprint density at radius 2 is 1.61 bits per heavy atom. The topological polar surface area (TPSA) is 53.5 Å². The van der Waals surface area contributed by atoms with Gasteiger partial charge in [0.1, 0.15) is 12.4 Å². The van der Waals surface area contributed by atoms with Gasteiger partial charge in [0.05, 0.1) is 6.10 Å². The highest BCUT2D eigenvalue weighted by Crippen LogP contribution is 2.23. The molecule has 0 amide bonds. The van der Waals surface area contributed by atoms with Gasteiger partial charge in [-0.05, 0) is 67.9 Å².